The zero-order valence-electron chi connectivity index (χ0n) is 20.1. The Bertz CT molecular complexity index is 1220. The van der Waals surface area contributed by atoms with Crippen molar-refractivity contribution in [2.45, 2.75) is 38.5 Å². The highest BCUT2D eigenvalue weighted by molar-refractivity contribution is 8.19. The number of aryl methyl sites for hydroxylation is 1. The third kappa shape index (κ3) is 4.32. The minimum absolute atomic E-state index is 0.0788. The highest BCUT2D eigenvalue weighted by Gasteiger charge is 2.39. The molecule has 0 spiro atoms. The molecule has 0 bridgehead atoms. The van der Waals surface area contributed by atoms with Gasteiger partial charge in [0.15, 0.2) is 5.17 Å². The highest BCUT2D eigenvalue weighted by atomic mass is 32.2. The van der Waals surface area contributed by atoms with Gasteiger partial charge in [0.25, 0.3) is 5.91 Å². The Balaban J connectivity index is 1.79. The molecule has 0 aliphatic carbocycles. The summed E-state index contributed by atoms with van der Waals surface area (Å²) < 4.78 is 5.41. The number of carbonyl (C=O) groups is 1. The third-order valence-corrected chi connectivity index (χ3v) is 8.16. The van der Waals surface area contributed by atoms with E-state index in [2.05, 4.69) is 18.4 Å². The summed E-state index contributed by atoms with van der Waals surface area (Å²) in [6.07, 6.45) is 1.71. The number of fused-ring (bicyclic) bond motifs is 1. The lowest BCUT2D eigenvalue weighted by Gasteiger charge is -2.19. The predicted octanol–water partition coefficient (Wildman–Crippen LogP) is 6.38. The molecule has 8 heteroatoms. The van der Waals surface area contributed by atoms with Crippen molar-refractivity contribution in [1.82, 2.24) is 4.90 Å². The second-order valence-electron chi connectivity index (χ2n) is 8.37. The molecule has 178 valence electrons. The van der Waals surface area contributed by atoms with E-state index in [9.17, 15) is 9.90 Å². The van der Waals surface area contributed by atoms with Crippen LogP contribution in [0.3, 0.4) is 0 Å². The van der Waals surface area contributed by atoms with Gasteiger partial charge in [0, 0.05) is 24.1 Å². The Morgan fingerprint density at radius 1 is 1.21 bits per heavy atom. The van der Waals surface area contributed by atoms with Crippen LogP contribution >= 0.6 is 23.5 Å². The van der Waals surface area contributed by atoms with Crippen molar-refractivity contribution in [3.8, 4) is 11.5 Å². The number of thioether (sulfide) groups is 2. The molecule has 2 heterocycles. The summed E-state index contributed by atoms with van der Waals surface area (Å²) in [6.45, 7) is 13.0. The van der Waals surface area contributed by atoms with Gasteiger partial charge in [0.05, 0.1) is 18.5 Å². The van der Waals surface area contributed by atoms with Crippen LogP contribution in [-0.2, 0) is 4.79 Å². The predicted molar refractivity (Wildman–Crippen MR) is 142 cm³/mol. The second-order valence-corrected chi connectivity index (χ2v) is 10.4. The van der Waals surface area contributed by atoms with Gasteiger partial charge in [-0.15, -0.1) is 6.58 Å². The zero-order chi connectivity index (χ0) is 24.6. The van der Waals surface area contributed by atoms with Crippen molar-refractivity contribution in [3.05, 3.63) is 64.0 Å². The third-order valence-electron chi connectivity index (χ3n) is 5.78. The van der Waals surface area contributed by atoms with Crippen LogP contribution in [-0.4, -0.2) is 41.3 Å². The molecule has 1 saturated heterocycles. The van der Waals surface area contributed by atoms with Gasteiger partial charge in [0.1, 0.15) is 21.4 Å². The van der Waals surface area contributed by atoms with E-state index in [1.165, 1.54) is 11.8 Å². The number of hydrogen-bond donors (Lipinski definition) is 1. The maximum atomic E-state index is 13.5. The topological polar surface area (TPSA) is 65.4 Å². The summed E-state index contributed by atoms with van der Waals surface area (Å²) >= 11 is 2.98. The largest absolute Gasteiger partial charge is 0.508 e. The van der Waals surface area contributed by atoms with Crippen molar-refractivity contribution in [3.63, 3.8) is 0 Å². The fraction of sp³-hybridized carbons (Fsp3) is 0.308. The molecule has 2 aromatic carbocycles. The summed E-state index contributed by atoms with van der Waals surface area (Å²) in [5, 5.41) is 11.9. The van der Waals surface area contributed by atoms with Crippen LogP contribution < -0.4 is 9.64 Å². The van der Waals surface area contributed by atoms with E-state index in [-0.39, 0.29) is 17.6 Å². The Morgan fingerprint density at radius 3 is 2.62 bits per heavy atom. The quantitative estimate of drug-likeness (QED) is 0.370. The number of carbonyl (C=O) groups excluding carboxylic acids is 1. The number of rotatable bonds is 6. The van der Waals surface area contributed by atoms with Gasteiger partial charge >= 0.3 is 0 Å². The summed E-state index contributed by atoms with van der Waals surface area (Å²) in [4.78, 5) is 24.0. The molecule has 2 aliphatic rings. The average molecular weight is 496 g/mol. The molecule has 2 aliphatic heterocycles. The van der Waals surface area contributed by atoms with Crippen LogP contribution in [0, 0.1) is 6.92 Å². The number of ether oxygens (including phenoxy) is 1. The van der Waals surface area contributed by atoms with Gasteiger partial charge < -0.3 is 14.7 Å². The van der Waals surface area contributed by atoms with Crippen LogP contribution in [0.15, 0.2) is 62.8 Å². The van der Waals surface area contributed by atoms with Crippen LogP contribution in [0.5, 0.6) is 11.5 Å². The van der Waals surface area contributed by atoms with Crippen LogP contribution in [0.1, 0.15) is 37.8 Å². The Kier molecular flexibility index (Phi) is 7.00. The van der Waals surface area contributed by atoms with E-state index in [1.807, 2.05) is 45.0 Å². The van der Waals surface area contributed by atoms with E-state index >= 15 is 0 Å². The molecule has 34 heavy (non-hydrogen) atoms. The number of aliphatic imine (C=N–C) groups is 1. The minimum Gasteiger partial charge on any atom is -0.508 e. The maximum Gasteiger partial charge on any atom is 0.269 e. The van der Waals surface area contributed by atoms with Crippen LogP contribution in [0.4, 0.5) is 11.4 Å². The zero-order valence-corrected chi connectivity index (χ0v) is 21.7. The number of amidine groups is 1. The lowest BCUT2D eigenvalue weighted by molar-refractivity contribution is -0.121. The number of aromatic hydroxyl groups is 1. The summed E-state index contributed by atoms with van der Waals surface area (Å²) in [5.41, 5.74) is 3.48. The molecule has 0 unspecified atom stereocenters. The Labute approximate surface area is 209 Å². The van der Waals surface area contributed by atoms with Gasteiger partial charge in [-0.2, -0.15) is 0 Å². The molecule has 0 radical (unpaired) electrons. The van der Waals surface area contributed by atoms with E-state index < -0.39 is 0 Å². The summed E-state index contributed by atoms with van der Waals surface area (Å²) in [7, 11) is 1.65. The number of hydrogen-bond acceptors (Lipinski definition) is 7. The molecular weight excluding hydrogens is 466 g/mol. The number of anilines is 1. The molecule has 0 saturated carbocycles. The Hall–Kier alpha value is -2.84. The highest BCUT2D eigenvalue weighted by Crippen LogP contribution is 2.51. The first-order chi connectivity index (χ1) is 16.3. The van der Waals surface area contributed by atoms with Crippen LogP contribution in [0.2, 0.25) is 0 Å². The van der Waals surface area contributed by atoms with Gasteiger partial charge in [-0.1, -0.05) is 31.7 Å². The number of benzene rings is 2. The first kappa shape index (κ1) is 24.3. The summed E-state index contributed by atoms with van der Waals surface area (Å²) in [6, 6.07) is 9.63. The molecule has 0 atom stereocenters. The minimum atomic E-state index is -0.0788. The molecule has 2 aromatic rings. The number of phenols is 1. The van der Waals surface area contributed by atoms with Gasteiger partial charge in [0.2, 0.25) is 0 Å². The van der Waals surface area contributed by atoms with Crippen LogP contribution in [0.25, 0.3) is 0 Å². The fourth-order valence-corrected chi connectivity index (χ4v) is 6.34. The number of phenolic OH excluding ortho intramolecular Hbond substituents is 1. The standard InChI is InChI=1S/C26H29N3O3S2/c1-7-11-29-24(31)23(25-28(8-2)20-13-17(32-6)9-10-22(20)33-25)34-26(29)27-19-14-18(15(3)4)21(30)12-16(19)5/h7,9-10,12-15,30H,1,8,11H2,2-6H3/b25-23-,27-26?. The molecule has 4 rings (SSSR count). The first-order valence-electron chi connectivity index (χ1n) is 11.2. The molecule has 1 fully saturated rings. The average Bonchev–Trinajstić information content (AvgIpc) is 3.32. The lowest BCUT2D eigenvalue weighted by atomic mass is 9.99. The smallest absolute Gasteiger partial charge is 0.269 e. The van der Waals surface area contributed by atoms with Gasteiger partial charge in [-0.05, 0) is 66.9 Å². The number of methoxy groups -OCH3 is 1. The normalized spacial score (nSPS) is 18.9. The van der Waals surface area contributed by atoms with E-state index in [0.717, 1.165) is 44.7 Å². The SMILES string of the molecule is C=CCN1C(=O)/C(=C2/Sc3ccc(OC)cc3N2CC)SC1=Nc1cc(C(C)C)c(O)cc1C. The lowest BCUT2D eigenvalue weighted by Crippen LogP contribution is -2.30. The number of nitrogens with zero attached hydrogens (tertiary/aromatic N) is 3. The van der Waals surface area contributed by atoms with Crippen molar-refractivity contribution in [1.29, 1.82) is 0 Å². The molecule has 0 aromatic heterocycles. The second kappa shape index (κ2) is 9.80. The van der Waals surface area contributed by atoms with E-state index in [4.69, 9.17) is 9.73 Å². The van der Waals surface area contributed by atoms with Gasteiger partial charge in [-0.3, -0.25) is 9.69 Å². The molecule has 1 amide bonds. The maximum absolute atomic E-state index is 13.5. The van der Waals surface area contributed by atoms with Crippen molar-refractivity contribution < 1.29 is 14.6 Å². The molecule has 1 N–H and O–H groups in total. The number of amides is 1. The fourth-order valence-electron chi connectivity index (χ4n) is 3.96. The van der Waals surface area contributed by atoms with Crippen molar-refractivity contribution in [2.24, 2.45) is 4.99 Å². The molecular formula is C26H29N3O3S2. The molecule has 6 nitrogen and oxygen atoms in total. The van der Waals surface area contributed by atoms with E-state index in [0.29, 0.717) is 16.6 Å². The van der Waals surface area contributed by atoms with Crippen molar-refractivity contribution >= 4 is 46.0 Å². The first-order valence-corrected chi connectivity index (χ1v) is 12.8. The van der Waals surface area contributed by atoms with E-state index in [1.54, 1.807) is 35.9 Å². The Morgan fingerprint density at radius 2 is 1.97 bits per heavy atom. The monoisotopic (exact) mass is 495 g/mol. The van der Waals surface area contributed by atoms with Crippen molar-refractivity contribution in [2.75, 3.05) is 25.1 Å². The summed E-state index contributed by atoms with van der Waals surface area (Å²) in [5.74, 6) is 1.13. The van der Waals surface area contributed by atoms with Gasteiger partial charge in [-0.25, -0.2) is 4.99 Å².